The van der Waals surface area contributed by atoms with E-state index in [9.17, 15) is 8.78 Å². The van der Waals surface area contributed by atoms with Crippen LogP contribution in [0.15, 0.2) is 66.7 Å². The van der Waals surface area contributed by atoms with Crippen LogP contribution in [-0.4, -0.2) is 0 Å². The lowest BCUT2D eigenvalue weighted by Gasteiger charge is -2.20. The predicted octanol–water partition coefficient (Wildman–Crippen LogP) is 4.88. The molecule has 0 aliphatic carbocycles. The summed E-state index contributed by atoms with van der Waals surface area (Å²) in [6.07, 6.45) is -0.629. The molecular weight excluding hydrogens is 334 g/mol. The fraction of sp³-hybridized carbons (Fsp3) is 0.0476. The lowest BCUT2D eigenvalue weighted by Crippen LogP contribution is -2.10. The number of hydrogen-bond acceptors (Lipinski definition) is 3. The number of hydrogen-bond donors (Lipinski definition) is 0. The first kappa shape index (κ1) is 17.1. The van der Waals surface area contributed by atoms with Crippen LogP contribution < -0.4 is 4.74 Å². The summed E-state index contributed by atoms with van der Waals surface area (Å²) in [7, 11) is 0. The molecule has 0 unspecified atom stereocenters. The Morgan fingerprint density at radius 3 is 1.65 bits per heavy atom. The highest BCUT2D eigenvalue weighted by atomic mass is 19.1. The van der Waals surface area contributed by atoms with E-state index < -0.39 is 6.10 Å². The second kappa shape index (κ2) is 7.46. The molecule has 3 aromatic rings. The summed E-state index contributed by atoms with van der Waals surface area (Å²) in [4.78, 5) is 0. The molecule has 3 rings (SSSR count). The summed E-state index contributed by atoms with van der Waals surface area (Å²) in [6.45, 7) is 0. The van der Waals surface area contributed by atoms with Gasteiger partial charge in [0.05, 0.1) is 11.1 Å². The molecule has 0 radical (unpaired) electrons. The van der Waals surface area contributed by atoms with Crippen molar-refractivity contribution in [3.05, 3.63) is 101 Å². The number of nitriles is 2. The molecule has 0 fully saturated rings. The second-order valence-corrected chi connectivity index (χ2v) is 5.53. The van der Waals surface area contributed by atoms with Crippen LogP contribution in [0.4, 0.5) is 8.78 Å². The summed E-state index contributed by atoms with van der Waals surface area (Å²) in [5.74, 6) is -0.382. The van der Waals surface area contributed by atoms with Gasteiger partial charge in [0.1, 0.15) is 35.6 Å². The van der Waals surface area contributed by atoms with Gasteiger partial charge in [0, 0.05) is 0 Å². The van der Waals surface area contributed by atoms with Crippen molar-refractivity contribution in [3.63, 3.8) is 0 Å². The molecule has 0 aliphatic rings. The fourth-order valence-corrected chi connectivity index (χ4v) is 2.53. The van der Waals surface area contributed by atoms with Crippen LogP contribution in [0.2, 0.25) is 0 Å². The molecule has 3 aromatic carbocycles. The van der Waals surface area contributed by atoms with Gasteiger partial charge in [-0.2, -0.15) is 10.5 Å². The Labute approximate surface area is 149 Å². The van der Waals surface area contributed by atoms with Gasteiger partial charge in [0.25, 0.3) is 0 Å². The van der Waals surface area contributed by atoms with Crippen LogP contribution in [0.25, 0.3) is 0 Å². The quantitative estimate of drug-likeness (QED) is 0.677. The average molecular weight is 346 g/mol. The number of benzene rings is 3. The predicted molar refractivity (Wildman–Crippen MR) is 91.1 cm³/mol. The molecule has 5 heteroatoms. The van der Waals surface area contributed by atoms with Crippen LogP contribution in [0.3, 0.4) is 0 Å². The standard InChI is InChI=1S/C21H12F2N2O/c22-18-6-1-14(2-7-18)21(15-3-8-19(23)9-4-15)26-20-10-5-16(12-24)17(11-20)13-25/h1-11,21H. The van der Waals surface area contributed by atoms with Crippen molar-refractivity contribution in [3.8, 4) is 17.9 Å². The summed E-state index contributed by atoms with van der Waals surface area (Å²) < 4.78 is 32.5. The first-order chi connectivity index (χ1) is 12.6. The summed E-state index contributed by atoms with van der Waals surface area (Å²) in [6, 6.07) is 20.0. The van der Waals surface area contributed by atoms with Crippen molar-refractivity contribution in [2.24, 2.45) is 0 Å². The lowest BCUT2D eigenvalue weighted by atomic mass is 10.0. The third kappa shape index (κ3) is 3.68. The fourth-order valence-electron chi connectivity index (χ4n) is 2.53. The van der Waals surface area contributed by atoms with E-state index in [1.807, 2.05) is 12.1 Å². The molecule has 3 nitrogen and oxygen atoms in total. The van der Waals surface area contributed by atoms with Gasteiger partial charge in [-0.05, 0) is 53.6 Å². The first-order valence-corrected chi connectivity index (χ1v) is 7.72. The zero-order chi connectivity index (χ0) is 18.5. The molecule has 0 spiro atoms. The SMILES string of the molecule is N#Cc1ccc(OC(c2ccc(F)cc2)c2ccc(F)cc2)cc1C#N. The van der Waals surface area contributed by atoms with E-state index in [0.717, 1.165) is 0 Å². The highest BCUT2D eigenvalue weighted by Gasteiger charge is 2.17. The summed E-state index contributed by atoms with van der Waals surface area (Å²) in [5.41, 5.74) is 1.78. The van der Waals surface area contributed by atoms with E-state index in [4.69, 9.17) is 15.3 Å². The molecule has 0 N–H and O–H groups in total. The number of halogens is 2. The first-order valence-electron chi connectivity index (χ1n) is 7.72. The van der Waals surface area contributed by atoms with Gasteiger partial charge in [-0.3, -0.25) is 0 Å². The zero-order valence-electron chi connectivity index (χ0n) is 13.5. The molecule has 0 aromatic heterocycles. The van der Waals surface area contributed by atoms with Crippen molar-refractivity contribution in [1.29, 1.82) is 10.5 Å². The maximum atomic E-state index is 13.3. The number of nitrogens with zero attached hydrogens (tertiary/aromatic N) is 2. The van der Waals surface area contributed by atoms with E-state index in [0.29, 0.717) is 16.9 Å². The van der Waals surface area contributed by atoms with Crippen molar-refractivity contribution in [2.45, 2.75) is 6.10 Å². The monoisotopic (exact) mass is 346 g/mol. The maximum Gasteiger partial charge on any atom is 0.149 e. The van der Waals surface area contributed by atoms with E-state index in [1.165, 1.54) is 36.4 Å². The van der Waals surface area contributed by atoms with Gasteiger partial charge in [0.15, 0.2) is 0 Å². The molecule has 0 saturated heterocycles. The molecule has 0 saturated carbocycles. The molecule has 0 amide bonds. The van der Waals surface area contributed by atoms with Crippen LogP contribution in [0, 0.1) is 34.3 Å². The van der Waals surface area contributed by atoms with Crippen LogP contribution >= 0.6 is 0 Å². The second-order valence-electron chi connectivity index (χ2n) is 5.53. The molecular formula is C21H12F2N2O. The Morgan fingerprint density at radius 1 is 0.692 bits per heavy atom. The third-order valence-electron chi connectivity index (χ3n) is 3.83. The smallest absolute Gasteiger partial charge is 0.149 e. The van der Waals surface area contributed by atoms with Crippen LogP contribution in [0.1, 0.15) is 28.4 Å². The molecule has 0 heterocycles. The molecule has 126 valence electrons. The Balaban J connectivity index is 2.01. The maximum absolute atomic E-state index is 13.3. The highest BCUT2D eigenvalue weighted by molar-refractivity contribution is 5.49. The van der Waals surface area contributed by atoms with Gasteiger partial charge in [-0.15, -0.1) is 0 Å². The van der Waals surface area contributed by atoms with Crippen molar-refractivity contribution >= 4 is 0 Å². The largest absolute Gasteiger partial charge is 0.481 e. The minimum Gasteiger partial charge on any atom is -0.481 e. The Bertz CT molecular complexity index is 955. The van der Waals surface area contributed by atoms with Gasteiger partial charge in [0.2, 0.25) is 0 Å². The topological polar surface area (TPSA) is 56.8 Å². The van der Waals surface area contributed by atoms with Crippen LogP contribution in [0.5, 0.6) is 5.75 Å². The van der Waals surface area contributed by atoms with Gasteiger partial charge in [-0.25, -0.2) is 8.78 Å². The molecule has 0 bridgehead atoms. The van der Waals surface area contributed by atoms with Crippen LogP contribution in [-0.2, 0) is 0 Å². The van der Waals surface area contributed by atoms with E-state index in [-0.39, 0.29) is 22.8 Å². The molecule has 0 atom stereocenters. The van der Waals surface area contributed by atoms with Gasteiger partial charge in [-0.1, -0.05) is 24.3 Å². The van der Waals surface area contributed by atoms with E-state index >= 15 is 0 Å². The summed E-state index contributed by atoms with van der Waals surface area (Å²) in [5, 5.41) is 18.2. The highest BCUT2D eigenvalue weighted by Crippen LogP contribution is 2.30. The molecule has 26 heavy (non-hydrogen) atoms. The number of ether oxygens (including phenoxy) is 1. The minimum atomic E-state index is -0.629. The summed E-state index contributed by atoms with van der Waals surface area (Å²) >= 11 is 0. The lowest BCUT2D eigenvalue weighted by molar-refractivity contribution is 0.247. The Hall–Kier alpha value is -3.70. The number of rotatable bonds is 4. The van der Waals surface area contributed by atoms with E-state index in [1.54, 1.807) is 30.3 Å². The molecule has 0 aliphatic heterocycles. The minimum absolute atomic E-state index is 0.196. The van der Waals surface area contributed by atoms with Crippen molar-refractivity contribution in [1.82, 2.24) is 0 Å². The third-order valence-corrected chi connectivity index (χ3v) is 3.83. The van der Waals surface area contributed by atoms with Crippen molar-refractivity contribution in [2.75, 3.05) is 0 Å². The average Bonchev–Trinajstić information content (AvgIpc) is 2.67. The Morgan fingerprint density at radius 2 is 1.19 bits per heavy atom. The normalized spacial score (nSPS) is 10.2. The van der Waals surface area contributed by atoms with Crippen molar-refractivity contribution < 1.29 is 13.5 Å². The van der Waals surface area contributed by atoms with E-state index in [2.05, 4.69) is 0 Å². The van der Waals surface area contributed by atoms with Gasteiger partial charge >= 0.3 is 0 Å². The van der Waals surface area contributed by atoms with Gasteiger partial charge < -0.3 is 4.74 Å². The zero-order valence-corrected chi connectivity index (χ0v) is 13.5. The Kier molecular flexibility index (Phi) is 4.92.